The number of aromatic nitrogens is 2. The van der Waals surface area contributed by atoms with Gasteiger partial charge in [-0.25, -0.2) is 4.98 Å². The summed E-state index contributed by atoms with van der Waals surface area (Å²) in [7, 11) is 0. The standard InChI is InChI=1S/C17H16N4O3S/c22-15(19-6-7-20-16(23)14-4-2-8-24-14)9-13-11-25-17(21-13)12-3-1-5-18-10-12/h1-5,8,10-11H,6-7,9H2,(H,19,22)(H,20,23). The van der Waals surface area contributed by atoms with E-state index in [4.69, 9.17) is 4.42 Å². The molecule has 0 fully saturated rings. The minimum absolute atomic E-state index is 0.143. The molecule has 8 heteroatoms. The largest absolute Gasteiger partial charge is 0.459 e. The van der Waals surface area contributed by atoms with Crippen molar-refractivity contribution < 1.29 is 14.0 Å². The number of nitrogens with zero attached hydrogens (tertiary/aromatic N) is 2. The number of carbonyl (C=O) groups excluding carboxylic acids is 2. The summed E-state index contributed by atoms with van der Waals surface area (Å²) in [6.07, 6.45) is 5.08. The monoisotopic (exact) mass is 356 g/mol. The zero-order valence-corrected chi connectivity index (χ0v) is 14.1. The molecule has 2 N–H and O–H groups in total. The molecule has 3 aromatic heterocycles. The maximum Gasteiger partial charge on any atom is 0.287 e. The van der Waals surface area contributed by atoms with E-state index >= 15 is 0 Å². The number of thiazole rings is 1. The van der Waals surface area contributed by atoms with E-state index in [2.05, 4.69) is 20.6 Å². The number of carbonyl (C=O) groups is 2. The van der Waals surface area contributed by atoms with E-state index in [0.717, 1.165) is 10.6 Å². The number of hydrogen-bond acceptors (Lipinski definition) is 6. The summed E-state index contributed by atoms with van der Waals surface area (Å²) in [6.45, 7) is 0.661. The van der Waals surface area contributed by atoms with Crippen LogP contribution in [0.5, 0.6) is 0 Å². The minimum Gasteiger partial charge on any atom is -0.459 e. The molecule has 0 aliphatic heterocycles. The lowest BCUT2D eigenvalue weighted by Gasteiger charge is -2.05. The van der Waals surface area contributed by atoms with Crippen molar-refractivity contribution in [3.05, 3.63) is 59.8 Å². The van der Waals surface area contributed by atoms with Crippen LogP contribution in [0.25, 0.3) is 10.6 Å². The van der Waals surface area contributed by atoms with E-state index in [1.165, 1.54) is 17.6 Å². The van der Waals surface area contributed by atoms with Crippen LogP contribution in [0.2, 0.25) is 0 Å². The van der Waals surface area contributed by atoms with Crippen molar-refractivity contribution in [2.75, 3.05) is 13.1 Å². The van der Waals surface area contributed by atoms with Gasteiger partial charge in [0.15, 0.2) is 5.76 Å². The first-order valence-electron chi connectivity index (χ1n) is 7.65. The van der Waals surface area contributed by atoms with Crippen molar-refractivity contribution in [2.45, 2.75) is 6.42 Å². The fraction of sp³-hybridized carbons (Fsp3) is 0.176. The number of rotatable bonds is 7. The van der Waals surface area contributed by atoms with E-state index in [0.29, 0.717) is 18.8 Å². The molecule has 3 heterocycles. The topological polar surface area (TPSA) is 97.1 Å². The summed E-state index contributed by atoms with van der Waals surface area (Å²) in [5, 5.41) is 8.11. The van der Waals surface area contributed by atoms with Crippen molar-refractivity contribution in [3.63, 3.8) is 0 Å². The zero-order chi connectivity index (χ0) is 17.5. The molecular weight excluding hydrogens is 340 g/mol. The van der Waals surface area contributed by atoms with E-state index in [-0.39, 0.29) is 24.0 Å². The summed E-state index contributed by atoms with van der Waals surface area (Å²) in [5.41, 5.74) is 1.64. The first kappa shape index (κ1) is 16.8. The lowest BCUT2D eigenvalue weighted by atomic mass is 10.3. The molecule has 25 heavy (non-hydrogen) atoms. The Morgan fingerprint density at radius 1 is 1.16 bits per heavy atom. The zero-order valence-electron chi connectivity index (χ0n) is 13.3. The average Bonchev–Trinajstić information content (AvgIpc) is 3.31. The van der Waals surface area contributed by atoms with Crippen LogP contribution in [0.3, 0.4) is 0 Å². The first-order chi connectivity index (χ1) is 12.2. The van der Waals surface area contributed by atoms with Crippen LogP contribution in [0.4, 0.5) is 0 Å². The lowest BCUT2D eigenvalue weighted by molar-refractivity contribution is -0.120. The lowest BCUT2D eigenvalue weighted by Crippen LogP contribution is -2.35. The first-order valence-corrected chi connectivity index (χ1v) is 8.53. The third-order valence-electron chi connectivity index (χ3n) is 3.28. The van der Waals surface area contributed by atoms with Crippen LogP contribution in [-0.4, -0.2) is 34.9 Å². The van der Waals surface area contributed by atoms with Gasteiger partial charge in [0.2, 0.25) is 5.91 Å². The number of pyridine rings is 1. The van der Waals surface area contributed by atoms with Crippen LogP contribution < -0.4 is 10.6 Å². The van der Waals surface area contributed by atoms with E-state index < -0.39 is 0 Å². The Kier molecular flexibility index (Phi) is 5.53. The van der Waals surface area contributed by atoms with E-state index in [9.17, 15) is 9.59 Å². The summed E-state index contributed by atoms with van der Waals surface area (Å²) in [4.78, 5) is 32.1. The van der Waals surface area contributed by atoms with Crippen LogP contribution in [0.1, 0.15) is 16.2 Å². The molecule has 7 nitrogen and oxygen atoms in total. The maximum atomic E-state index is 11.9. The molecule has 0 spiro atoms. The van der Waals surface area contributed by atoms with Gasteiger partial charge in [0.25, 0.3) is 5.91 Å². The number of amides is 2. The van der Waals surface area contributed by atoms with Crippen molar-refractivity contribution in [2.24, 2.45) is 0 Å². The highest BCUT2D eigenvalue weighted by atomic mass is 32.1. The average molecular weight is 356 g/mol. The van der Waals surface area contributed by atoms with Gasteiger partial charge >= 0.3 is 0 Å². The highest BCUT2D eigenvalue weighted by Gasteiger charge is 2.10. The fourth-order valence-corrected chi connectivity index (χ4v) is 2.92. The summed E-state index contributed by atoms with van der Waals surface area (Å²) < 4.78 is 4.98. The molecule has 0 aliphatic carbocycles. The molecule has 2 amide bonds. The van der Waals surface area contributed by atoms with Crippen molar-refractivity contribution in [3.8, 4) is 10.6 Å². The predicted octanol–water partition coefficient (Wildman–Crippen LogP) is 1.89. The van der Waals surface area contributed by atoms with Crippen LogP contribution in [-0.2, 0) is 11.2 Å². The molecule has 0 bridgehead atoms. The predicted molar refractivity (Wildman–Crippen MR) is 93.1 cm³/mol. The van der Waals surface area contributed by atoms with Gasteiger partial charge in [-0.1, -0.05) is 0 Å². The SMILES string of the molecule is O=C(Cc1csc(-c2cccnc2)n1)NCCNC(=O)c1ccco1. The van der Waals surface area contributed by atoms with Gasteiger partial charge < -0.3 is 15.1 Å². The van der Waals surface area contributed by atoms with Gasteiger partial charge in [0.05, 0.1) is 18.4 Å². The van der Waals surface area contributed by atoms with Gasteiger partial charge in [-0.15, -0.1) is 11.3 Å². The summed E-state index contributed by atoms with van der Waals surface area (Å²) in [6, 6.07) is 7.00. The molecule has 0 unspecified atom stereocenters. The van der Waals surface area contributed by atoms with Gasteiger partial charge in [-0.05, 0) is 24.3 Å². The van der Waals surface area contributed by atoms with Gasteiger partial charge in [-0.3, -0.25) is 14.6 Å². The quantitative estimate of drug-likeness (QED) is 0.630. The van der Waals surface area contributed by atoms with Crippen LogP contribution in [0, 0.1) is 0 Å². The Morgan fingerprint density at radius 3 is 2.80 bits per heavy atom. The van der Waals surface area contributed by atoms with Crippen molar-refractivity contribution in [1.82, 2.24) is 20.6 Å². The second kappa shape index (κ2) is 8.20. The van der Waals surface area contributed by atoms with Gasteiger partial charge in [0.1, 0.15) is 5.01 Å². The molecule has 3 aromatic rings. The van der Waals surface area contributed by atoms with Crippen LogP contribution in [0.15, 0.2) is 52.7 Å². The number of furan rings is 1. The third kappa shape index (κ3) is 4.74. The van der Waals surface area contributed by atoms with Gasteiger partial charge in [0, 0.05) is 36.4 Å². The maximum absolute atomic E-state index is 11.9. The molecule has 128 valence electrons. The summed E-state index contributed by atoms with van der Waals surface area (Å²) >= 11 is 1.48. The molecule has 0 radical (unpaired) electrons. The molecular formula is C17H16N4O3S. The smallest absolute Gasteiger partial charge is 0.287 e. The van der Waals surface area contributed by atoms with Crippen molar-refractivity contribution >= 4 is 23.2 Å². The normalized spacial score (nSPS) is 10.4. The van der Waals surface area contributed by atoms with E-state index in [1.54, 1.807) is 24.5 Å². The van der Waals surface area contributed by atoms with E-state index in [1.807, 2.05) is 17.5 Å². The molecule has 0 aliphatic rings. The number of hydrogen-bond donors (Lipinski definition) is 2. The highest BCUT2D eigenvalue weighted by molar-refractivity contribution is 7.13. The summed E-state index contributed by atoms with van der Waals surface area (Å²) in [5.74, 6) is -0.202. The Morgan fingerprint density at radius 2 is 2.04 bits per heavy atom. The second-order valence-electron chi connectivity index (χ2n) is 5.15. The molecule has 0 saturated heterocycles. The molecule has 0 aromatic carbocycles. The van der Waals surface area contributed by atoms with Crippen LogP contribution >= 0.6 is 11.3 Å². The minimum atomic E-state index is -0.306. The Hall–Kier alpha value is -3.00. The fourth-order valence-electron chi connectivity index (χ4n) is 2.11. The highest BCUT2D eigenvalue weighted by Crippen LogP contribution is 2.22. The van der Waals surface area contributed by atoms with Crippen molar-refractivity contribution in [1.29, 1.82) is 0 Å². The number of nitrogens with one attached hydrogen (secondary N) is 2. The Labute approximate surface area is 148 Å². The van der Waals surface area contributed by atoms with Gasteiger partial charge in [-0.2, -0.15) is 0 Å². The molecule has 3 rings (SSSR count). The molecule has 0 atom stereocenters. The second-order valence-corrected chi connectivity index (χ2v) is 6.00. The Balaban J connectivity index is 1.41. The Bertz CT molecular complexity index is 831. The third-order valence-corrected chi connectivity index (χ3v) is 4.22. The molecule has 0 saturated carbocycles.